The van der Waals surface area contributed by atoms with Crippen molar-refractivity contribution >= 4 is 21.4 Å². The Morgan fingerprint density at radius 2 is 2.12 bits per heavy atom. The third-order valence-corrected chi connectivity index (χ3v) is 3.92. The summed E-state index contributed by atoms with van der Waals surface area (Å²) in [5.41, 5.74) is 0. The largest absolute Gasteiger partial charge is 0.316 e. The van der Waals surface area contributed by atoms with Gasteiger partial charge in [0.25, 0.3) is 0 Å². The first kappa shape index (κ1) is 12.6. The Balaban J connectivity index is 1.93. The molecule has 0 amide bonds. The number of fused-ring (bicyclic) bond motifs is 1. The minimum absolute atomic E-state index is 1.05. The van der Waals surface area contributed by atoms with Gasteiger partial charge in [-0.25, -0.2) is 0 Å². The highest BCUT2D eigenvalue weighted by atomic mass is 32.1. The molecule has 0 aliphatic carbocycles. The summed E-state index contributed by atoms with van der Waals surface area (Å²) in [6.45, 7) is 6.41. The van der Waals surface area contributed by atoms with Crippen LogP contribution >= 0.6 is 11.3 Å². The van der Waals surface area contributed by atoms with Crippen LogP contribution in [-0.4, -0.2) is 31.6 Å². The number of thiophene rings is 1. The lowest BCUT2D eigenvalue weighted by Gasteiger charge is -2.15. The normalized spacial score (nSPS) is 11.5. The van der Waals surface area contributed by atoms with Crippen molar-refractivity contribution in [3.8, 4) is 0 Å². The molecule has 0 saturated heterocycles. The van der Waals surface area contributed by atoms with Crippen molar-refractivity contribution in [1.82, 2.24) is 10.2 Å². The van der Waals surface area contributed by atoms with Crippen molar-refractivity contribution in [2.24, 2.45) is 0 Å². The summed E-state index contributed by atoms with van der Waals surface area (Å²) >= 11 is 1.90. The number of nitrogens with zero attached hydrogens (tertiary/aromatic N) is 1. The molecule has 0 aliphatic heterocycles. The summed E-state index contributed by atoms with van der Waals surface area (Å²) in [5, 5.41) is 4.72. The van der Waals surface area contributed by atoms with Gasteiger partial charge in [0.1, 0.15) is 0 Å². The molecule has 1 N–H and O–H groups in total. The summed E-state index contributed by atoms with van der Waals surface area (Å²) in [7, 11) is 2.18. The van der Waals surface area contributed by atoms with Gasteiger partial charge in [0.05, 0.1) is 0 Å². The Kier molecular flexibility index (Phi) is 4.54. The van der Waals surface area contributed by atoms with E-state index in [1.807, 2.05) is 11.3 Å². The van der Waals surface area contributed by atoms with E-state index in [0.717, 1.165) is 26.2 Å². The number of rotatable bonds is 6. The predicted octanol–water partition coefficient (Wildman–Crippen LogP) is 2.94. The molecule has 0 aliphatic rings. The van der Waals surface area contributed by atoms with E-state index in [2.05, 4.69) is 54.5 Å². The van der Waals surface area contributed by atoms with Crippen LogP contribution in [0.5, 0.6) is 0 Å². The van der Waals surface area contributed by atoms with Gasteiger partial charge in [0.2, 0.25) is 0 Å². The van der Waals surface area contributed by atoms with Gasteiger partial charge < -0.3 is 10.2 Å². The molecule has 2 rings (SSSR count). The molecule has 17 heavy (non-hydrogen) atoms. The molecule has 0 spiro atoms. The van der Waals surface area contributed by atoms with Crippen LogP contribution in [0.2, 0.25) is 0 Å². The zero-order chi connectivity index (χ0) is 12.1. The summed E-state index contributed by atoms with van der Waals surface area (Å²) in [4.78, 5) is 3.82. The molecule has 3 heteroatoms. The van der Waals surface area contributed by atoms with E-state index < -0.39 is 0 Å². The molecule has 0 saturated carbocycles. The lowest BCUT2D eigenvalue weighted by atomic mass is 10.2. The molecule has 1 aromatic heterocycles. The zero-order valence-electron chi connectivity index (χ0n) is 10.6. The Morgan fingerprint density at radius 3 is 2.88 bits per heavy atom. The first-order valence-corrected chi connectivity index (χ1v) is 6.98. The molecule has 0 unspecified atom stereocenters. The molecular formula is C14H20N2S. The third kappa shape index (κ3) is 3.53. The number of likely N-dealkylation sites (N-methyl/N-ethyl adjacent to an activating group) is 2. The smallest absolute Gasteiger partial charge is 0.0346 e. The molecule has 1 aromatic carbocycles. The number of nitrogens with one attached hydrogen (secondary N) is 1. The Hall–Kier alpha value is -0.900. The SMILES string of the molecule is CCNCCN(C)Cc1cc2ccccc2s1. The van der Waals surface area contributed by atoms with Crippen LogP contribution < -0.4 is 5.32 Å². The van der Waals surface area contributed by atoms with E-state index in [9.17, 15) is 0 Å². The van der Waals surface area contributed by atoms with Crippen molar-refractivity contribution in [2.75, 3.05) is 26.7 Å². The van der Waals surface area contributed by atoms with E-state index in [1.165, 1.54) is 15.0 Å². The first-order valence-electron chi connectivity index (χ1n) is 6.16. The van der Waals surface area contributed by atoms with Gasteiger partial charge in [0.15, 0.2) is 0 Å². The van der Waals surface area contributed by atoms with Crippen LogP contribution in [0.15, 0.2) is 30.3 Å². The number of hydrogen-bond acceptors (Lipinski definition) is 3. The minimum atomic E-state index is 1.05. The quantitative estimate of drug-likeness (QED) is 0.791. The fourth-order valence-corrected chi connectivity index (χ4v) is 3.05. The maximum Gasteiger partial charge on any atom is 0.0346 e. The van der Waals surface area contributed by atoms with Crippen molar-refractivity contribution in [1.29, 1.82) is 0 Å². The third-order valence-electron chi connectivity index (χ3n) is 2.82. The monoisotopic (exact) mass is 248 g/mol. The van der Waals surface area contributed by atoms with Crippen molar-refractivity contribution in [2.45, 2.75) is 13.5 Å². The van der Waals surface area contributed by atoms with Crippen molar-refractivity contribution in [3.63, 3.8) is 0 Å². The lowest BCUT2D eigenvalue weighted by molar-refractivity contribution is 0.328. The van der Waals surface area contributed by atoms with Gasteiger partial charge in [-0.1, -0.05) is 25.1 Å². The van der Waals surface area contributed by atoms with Gasteiger partial charge in [-0.3, -0.25) is 0 Å². The maximum atomic E-state index is 3.35. The summed E-state index contributed by atoms with van der Waals surface area (Å²) in [6, 6.07) is 10.9. The van der Waals surface area contributed by atoms with Gasteiger partial charge in [-0.05, 0) is 31.1 Å². The molecular weight excluding hydrogens is 228 g/mol. The second-order valence-electron chi connectivity index (χ2n) is 4.34. The van der Waals surface area contributed by atoms with Crippen LogP contribution in [0.25, 0.3) is 10.1 Å². The summed E-state index contributed by atoms with van der Waals surface area (Å²) in [6.07, 6.45) is 0. The summed E-state index contributed by atoms with van der Waals surface area (Å²) in [5.74, 6) is 0. The number of hydrogen-bond donors (Lipinski definition) is 1. The predicted molar refractivity (Wildman–Crippen MR) is 76.7 cm³/mol. The van der Waals surface area contributed by atoms with E-state index in [-0.39, 0.29) is 0 Å². The van der Waals surface area contributed by atoms with Gasteiger partial charge >= 0.3 is 0 Å². The Bertz CT molecular complexity index is 431. The zero-order valence-corrected chi connectivity index (χ0v) is 11.4. The van der Waals surface area contributed by atoms with Crippen LogP contribution in [0.3, 0.4) is 0 Å². The van der Waals surface area contributed by atoms with Crippen molar-refractivity contribution in [3.05, 3.63) is 35.2 Å². The standard InChI is InChI=1S/C14H20N2S/c1-3-15-8-9-16(2)11-13-10-12-6-4-5-7-14(12)17-13/h4-7,10,15H,3,8-9,11H2,1-2H3. The average Bonchev–Trinajstić information content (AvgIpc) is 2.71. The first-order chi connectivity index (χ1) is 8.29. The van der Waals surface area contributed by atoms with E-state index >= 15 is 0 Å². The average molecular weight is 248 g/mol. The molecule has 92 valence electrons. The van der Waals surface area contributed by atoms with Crippen LogP contribution in [-0.2, 0) is 6.54 Å². The Morgan fingerprint density at radius 1 is 1.29 bits per heavy atom. The van der Waals surface area contributed by atoms with Crippen LogP contribution in [0.1, 0.15) is 11.8 Å². The highest BCUT2D eigenvalue weighted by molar-refractivity contribution is 7.19. The molecule has 1 heterocycles. The Labute approximate surface area is 107 Å². The topological polar surface area (TPSA) is 15.3 Å². The number of benzene rings is 1. The molecule has 2 aromatic rings. The molecule has 0 fully saturated rings. The lowest BCUT2D eigenvalue weighted by Crippen LogP contribution is -2.28. The van der Waals surface area contributed by atoms with Crippen LogP contribution in [0.4, 0.5) is 0 Å². The highest BCUT2D eigenvalue weighted by Gasteiger charge is 2.04. The fourth-order valence-electron chi connectivity index (χ4n) is 1.91. The second-order valence-corrected chi connectivity index (χ2v) is 5.51. The molecule has 2 nitrogen and oxygen atoms in total. The van der Waals surface area contributed by atoms with Crippen molar-refractivity contribution < 1.29 is 0 Å². The van der Waals surface area contributed by atoms with Gasteiger partial charge in [-0.15, -0.1) is 11.3 Å². The van der Waals surface area contributed by atoms with E-state index in [4.69, 9.17) is 0 Å². The molecule has 0 radical (unpaired) electrons. The van der Waals surface area contributed by atoms with Crippen LogP contribution in [0, 0.1) is 0 Å². The minimum Gasteiger partial charge on any atom is -0.316 e. The van der Waals surface area contributed by atoms with E-state index in [1.54, 1.807) is 0 Å². The van der Waals surface area contributed by atoms with E-state index in [0.29, 0.717) is 0 Å². The fraction of sp³-hybridized carbons (Fsp3) is 0.429. The molecule has 0 bridgehead atoms. The van der Waals surface area contributed by atoms with Gasteiger partial charge in [-0.2, -0.15) is 0 Å². The summed E-state index contributed by atoms with van der Waals surface area (Å²) < 4.78 is 1.39. The maximum absolute atomic E-state index is 3.35. The van der Waals surface area contributed by atoms with Gasteiger partial charge in [0, 0.05) is 29.2 Å². The second kappa shape index (κ2) is 6.15. The highest BCUT2D eigenvalue weighted by Crippen LogP contribution is 2.25. The molecule has 0 atom stereocenters.